The number of amides is 5. The lowest BCUT2D eigenvalue weighted by molar-refractivity contribution is -0.125. The van der Waals surface area contributed by atoms with Gasteiger partial charge in [0.15, 0.2) is 0 Å². The summed E-state index contributed by atoms with van der Waals surface area (Å²) in [6.45, 7) is 4.60. The molecule has 1 fully saturated rings. The highest BCUT2D eigenvalue weighted by Crippen LogP contribution is 2.40. The number of fused-ring (bicyclic) bond motifs is 3. The summed E-state index contributed by atoms with van der Waals surface area (Å²) in [7, 11) is 0. The highest BCUT2D eigenvalue weighted by atomic mass is 16.2. The number of imide groups is 1. The summed E-state index contributed by atoms with van der Waals surface area (Å²) < 4.78 is 0. The molecule has 9 heteroatoms. The summed E-state index contributed by atoms with van der Waals surface area (Å²) >= 11 is 0. The molecule has 1 aromatic heterocycles. The molecule has 1 aromatic carbocycles. The van der Waals surface area contributed by atoms with Crippen molar-refractivity contribution in [1.82, 2.24) is 20.5 Å². The maximum Gasteiger partial charge on any atom is 0.322 e. The van der Waals surface area contributed by atoms with Gasteiger partial charge in [-0.25, -0.2) is 4.79 Å². The van der Waals surface area contributed by atoms with Gasteiger partial charge in [-0.3, -0.25) is 19.7 Å². The van der Waals surface area contributed by atoms with Crippen molar-refractivity contribution in [2.75, 3.05) is 13.1 Å². The molecule has 0 saturated carbocycles. The third-order valence-electron chi connectivity index (χ3n) is 6.69. The number of carbonyl (C=O) groups excluding carboxylic acids is 4. The van der Waals surface area contributed by atoms with E-state index in [4.69, 9.17) is 5.73 Å². The summed E-state index contributed by atoms with van der Waals surface area (Å²) in [6, 6.07) is 3.04. The van der Waals surface area contributed by atoms with Crippen molar-refractivity contribution in [2.45, 2.75) is 31.2 Å². The van der Waals surface area contributed by atoms with Gasteiger partial charge < -0.3 is 20.9 Å². The van der Waals surface area contributed by atoms with Crippen molar-refractivity contribution in [2.24, 2.45) is 5.73 Å². The average molecular weight is 433 g/mol. The molecule has 2 aromatic rings. The first kappa shape index (κ1) is 20.0. The van der Waals surface area contributed by atoms with Crippen molar-refractivity contribution in [3.8, 4) is 0 Å². The molecular formula is C23H23N5O4. The number of urea groups is 1. The Morgan fingerprint density at radius 1 is 1.25 bits per heavy atom. The Hall–Kier alpha value is -3.88. The second-order valence-electron chi connectivity index (χ2n) is 8.51. The molecule has 9 nitrogen and oxygen atoms in total. The number of aryl methyl sites for hydroxylation is 1. The number of aromatic amines is 1. The van der Waals surface area contributed by atoms with Crippen LogP contribution in [0, 0.1) is 0 Å². The number of nitrogens with zero attached hydrogens (tertiary/aromatic N) is 1. The number of nitrogens with two attached hydrogens (primary N) is 1. The lowest BCUT2D eigenvalue weighted by Crippen LogP contribution is -2.51. The zero-order valence-electron chi connectivity index (χ0n) is 17.4. The summed E-state index contributed by atoms with van der Waals surface area (Å²) in [5, 5.41) is 5.95. The molecule has 5 N–H and O–H groups in total. The fraction of sp³-hybridized carbons (Fsp3) is 0.304. The number of H-pyrrole nitrogens is 1. The predicted octanol–water partition coefficient (Wildman–Crippen LogP) is 1.14. The van der Waals surface area contributed by atoms with Gasteiger partial charge in [-0.2, -0.15) is 0 Å². The molecule has 3 heterocycles. The molecule has 0 radical (unpaired) electrons. The van der Waals surface area contributed by atoms with E-state index >= 15 is 0 Å². The summed E-state index contributed by atoms with van der Waals surface area (Å²) in [6.07, 6.45) is 5.39. The molecule has 3 aliphatic rings. The van der Waals surface area contributed by atoms with Gasteiger partial charge in [0.2, 0.25) is 5.91 Å². The van der Waals surface area contributed by atoms with Crippen molar-refractivity contribution in [3.63, 3.8) is 0 Å². The predicted molar refractivity (Wildman–Crippen MR) is 118 cm³/mol. The van der Waals surface area contributed by atoms with Crippen molar-refractivity contribution in [3.05, 3.63) is 53.2 Å². The van der Waals surface area contributed by atoms with Gasteiger partial charge in [0.25, 0.3) is 11.8 Å². The summed E-state index contributed by atoms with van der Waals surface area (Å²) in [5.41, 5.74) is 9.26. The zero-order valence-corrected chi connectivity index (χ0v) is 17.4. The molecule has 1 spiro atoms. The standard InChI is InChI=1S/C23H23N5O4/c1-2-17(29)28-9-3-4-12(11-28)13-5-6-14(20(24)30)19-18(13)15-10-23(8-7-16(15)25-19)21(31)26-22(32)27-23/h2,4-6,25H,1,3,7-11H2,(H2,24,30)(H2,26,27,31,32). The van der Waals surface area contributed by atoms with Crippen molar-refractivity contribution in [1.29, 1.82) is 0 Å². The van der Waals surface area contributed by atoms with Crippen LogP contribution in [0.1, 0.15) is 40.0 Å². The van der Waals surface area contributed by atoms with Gasteiger partial charge >= 0.3 is 6.03 Å². The van der Waals surface area contributed by atoms with Gasteiger partial charge in [-0.15, -0.1) is 0 Å². The van der Waals surface area contributed by atoms with Gasteiger partial charge in [0, 0.05) is 30.6 Å². The van der Waals surface area contributed by atoms with Crippen LogP contribution in [0.4, 0.5) is 4.79 Å². The first-order valence-electron chi connectivity index (χ1n) is 10.5. The van der Waals surface area contributed by atoms with Crippen LogP contribution in [-0.4, -0.2) is 52.3 Å². The van der Waals surface area contributed by atoms with Crippen LogP contribution in [0.5, 0.6) is 0 Å². The number of hydrogen-bond donors (Lipinski definition) is 4. The van der Waals surface area contributed by atoms with E-state index in [9.17, 15) is 19.2 Å². The van der Waals surface area contributed by atoms with Gasteiger partial charge in [-0.05, 0) is 48.1 Å². The molecule has 1 unspecified atom stereocenters. The van der Waals surface area contributed by atoms with E-state index < -0.39 is 17.5 Å². The molecule has 1 atom stereocenters. The van der Waals surface area contributed by atoms with Gasteiger partial charge in [-0.1, -0.05) is 18.7 Å². The summed E-state index contributed by atoms with van der Waals surface area (Å²) in [4.78, 5) is 53.9. The molecule has 1 saturated heterocycles. The van der Waals surface area contributed by atoms with Crippen LogP contribution in [0.25, 0.3) is 16.5 Å². The lowest BCUT2D eigenvalue weighted by Gasteiger charge is -2.31. The Labute approximate surface area is 183 Å². The van der Waals surface area contributed by atoms with Crippen molar-refractivity contribution >= 4 is 40.2 Å². The molecule has 5 rings (SSSR count). The fourth-order valence-corrected chi connectivity index (χ4v) is 5.12. The van der Waals surface area contributed by atoms with Gasteiger partial charge in [0.1, 0.15) is 5.54 Å². The molecule has 164 valence electrons. The number of carbonyl (C=O) groups is 4. The van der Waals surface area contributed by atoms with Crippen molar-refractivity contribution < 1.29 is 19.2 Å². The Morgan fingerprint density at radius 3 is 2.75 bits per heavy atom. The SMILES string of the molecule is C=CC(=O)N1CCC=C(c2ccc(C(N)=O)c3[nH]c4c(c23)CC2(CC4)NC(=O)NC2=O)C1. The number of aromatic nitrogens is 1. The first-order valence-corrected chi connectivity index (χ1v) is 10.5. The van der Waals surface area contributed by atoms with Crippen LogP contribution < -0.4 is 16.4 Å². The molecule has 2 aliphatic heterocycles. The van der Waals surface area contributed by atoms with Crippen LogP contribution in [-0.2, 0) is 22.4 Å². The third kappa shape index (κ3) is 2.92. The van der Waals surface area contributed by atoms with Crippen LogP contribution >= 0.6 is 0 Å². The molecule has 0 bridgehead atoms. The quantitative estimate of drug-likeness (QED) is 0.426. The van der Waals surface area contributed by atoms with Crippen LogP contribution in [0.3, 0.4) is 0 Å². The zero-order chi connectivity index (χ0) is 22.6. The Morgan fingerprint density at radius 2 is 2.06 bits per heavy atom. The number of rotatable bonds is 3. The Bertz CT molecular complexity index is 1260. The van der Waals surface area contributed by atoms with E-state index in [1.807, 2.05) is 6.07 Å². The smallest absolute Gasteiger partial charge is 0.322 e. The van der Waals surface area contributed by atoms with Crippen LogP contribution in [0.2, 0.25) is 0 Å². The highest BCUT2D eigenvalue weighted by Gasteiger charge is 2.49. The maximum absolute atomic E-state index is 12.6. The second kappa shape index (κ2) is 7.08. The van der Waals surface area contributed by atoms with E-state index in [0.717, 1.165) is 27.8 Å². The third-order valence-corrected chi connectivity index (χ3v) is 6.69. The highest BCUT2D eigenvalue weighted by molar-refractivity contribution is 6.11. The second-order valence-corrected chi connectivity index (χ2v) is 8.51. The normalized spacial score (nSPS) is 22.4. The van der Waals surface area contributed by atoms with E-state index in [0.29, 0.717) is 49.9 Å². The maximum atomic E-state index is 12.6. The molecule has 32 heavy (non-hydrogen) atoms. The largest absolute Gasteiger partial charge is 0.366 e. The minimum absolute atomic E-state index is 0.138. The molecular weight excluding hydrogens is 410 g/mol. The minimum atomic E-state index is -1.01. The minimum Gasteiger partial charge on any atom is -0.366 e. The molecule has 5 amide bonds. The number of benzene rings is 1. The first-order chi connectivity index (χ1) is 15.3. The monoisotopic (exact) mass is 433 g/mol. The van der Waals surface area contributed by atoms with Gasteiger partial charge in [0.05, 0.1) is 11.1 Å². The Kier molecular flexibility index (Phi) is 4.44. The molecule has 1 aliphatic carbocycles. The average Bonchev–Trinajstić information content (AvgIpc) is 3.28. The Balaban J connectivity index is 1.67. The lowest BCUT2D eigenvalue weighted by atomic mass is 9.78. The van der Waals surface area contributed by atoms with E-state index in [1.165, 1.54) is 6.08 Å². The number of hydrogen-bond acceptors (Lipinski definition) is 4. The number of nitrogens with one attached hydrogen (secondary N) is 3. The summed E-state index contributed by atoms with van der Waals surface area (Å²) in [5.74, 6) is -1.03. The van der Waals surface area contributed by atoms with E-state index in [-0.39, 0.29) is 11.8 Å². The van der Waals surface area contributed by atoms with E-state index in [1.54, 1.807) is 11.0 Å². The topological polar surface area (TPSA) is 137 Å². The van der Waals surface area contributed by atoms with Crippen LogP contribution in [0.15, 0.2) is 30.9 Å². The number of primary amides is 1. The van der Waals surface area contributed by atoms with E-state index in [2.05, 4.69) is 28.3 Å². The fourth-order valence-electron chi connectivity index (χ4n) is 5.12.